The van der Waals surface area contributed by atoms with Crippen LogP contribution in [0, 0.1) is 17.1 Å². The maximum atomic E-state index is 13.8. The molecule has 3 aromatic rings. The van der Waals surface area contributed by atoms with Crippen LogP contribution in [0.25, 0.3) is 10.9 Å². The first kappa shape index (κ1) is 13.7. The number of anilines is 1. The Labute approximate surface area is 129 Å². The zero-order chi connectivity index (χ0) is 14.8. The van der Waals surface area contributed by atoms with E-state index in [1.54, 1.807) is 18.2 Å². The zero-order valence-corrected chi connectivity index (χ0v) is 12.1. The number of fused-ring (bicyclic) bond motifs is 1. The summed E-state index contributed by atoms with van der Waals surface area (Å²) in [7, 11) is 0. The van der Waals surface area contributed by atoms with E-state index in [0.717, 1.165) is 10.9 Å². The standard InChI is InChI=1S/C14H8ClFN4S/c15-9-2-3-10-13(6-9)18-19-14(10)21-20-12-4-1-8(7-17)5-11(12)16/h1-6,20H,(H,18,19). The molecule has 0 saturated carbocycles. The molecule has 0 atom stereocenters. The predicted octanol–water partition coefficient (Wildman–Crippen LogP) is 4.35. The van der Waals surface area contributed by atoms with Crippen LogP contribution in [0.3, 0.4) is 0 Å². The van der Waals surface area contributed by atoms with E-state index >= 15 is 0 Å². The van der Waals surface area contributed by atoms with Gasteiger partial charge in [0.05, 0.1) is 22.8 Å². The van der Waals surface area contributed by atoms with Gasteiger partial charge in [0, 0.05) is 22.4 Å². The Morgan fingerprint density at radius 2 is 2.14 bits per heavy atom. The third-order valence-electron chi connectivity index (χ3n) is 2.85. The van der Waals surface area contributed by atoms with Gasteiger partial charge in [-0.25, -0.2) is 4.39 Å². The van der Waals surface area contributed by atoms with Crippen LogP contribution in [-0.4, -0.2) is 10.2 Å². The van der Waals surface area contributed by atoms with Gasteiger partial charge in [-0.05, 0) is 36.4 Å². The molecule has 21 heavy (non-hydrogen) atoms. The highest BCUT2D eigenvalue weighted by molar-refractivity contribution is 8.00. The number of benzene rings is 2. The number of hydrogen-bond acceptors (Lipinski definition) is 4. The molecule has 1 aromatic heterocycles. The Hall–Kier alpha value is -2.23. The van der Waals surface area contributed by atoms with Gasteiger partial charge >= 0.3 is 0 Å². The SMILES string of the molecule is N#Cc1ccc(NSc2n[nH]c3cc(Cl)ccc23)c(F)c1. The number of H-pyrrole nitrogens is 1. The molecule has 0 fully saturated rings. The Kier molecular flexibility index (Phi) is 3.69. The van der Waals surface area contributed by atoms with Crippen LogP contribution in [0.2, 0.25) is 5.02 Å². The Morgan fingerprint density at radius 1 is 1.29 bits per heavy atom. The molecular formula is C14H8ClFN4S. The van der Waals surface area contributed by atoms with Crippen molar-refractivity contribution in [1.29, 1.82) is 5.26 Å². The topological polar surface area (TPSA) is 64.5 Å². The molecule has 0 aliphatic carbocycles. The van der Waals surface area contributed by atoms with E-state index in [2.05, 4.69) is 14.9 Å². The molecule has 3 rings (SSSR count). The average Bonchev–Trinajstić information content (AvgIpc) is 2.88. The largest absolute Gasteiger partial charge is 0.322 e. The van der Waals surface area contributed by atoms with Crippen molar-refractivity contribution < 1.29 is 4.39 Å². The van der Waals surface area contributed by atoms with Crippen LogP contribution in [0.5, 0.6) is 0 Å². The lowest BCUT2D eigenvalue weighted by molar-refractivity contribution is 0.632. The summed E-state index contributed by atoms with van der Waals surface area (Å²) in [5, 5.41) is 17.9. The molecule has 2 aromatic carbocycles. The molecule has 0 saturated heterocycles. The molecular weight excluding hydrogens is 311 g/mol. The molecule has 0 bridgehead atoms. The van der Waals surface area contributed by atoms with E-state index in [4.69, 9.17) is 16.9 Å². The second-order valence-electron chi connectivity index (χ2n) is 4.23. The van der Waals surface area contributed by atoms with Crippen LogP contribution in [0.15, 0.2) is 41.4 Å². The number of hydrogen-bond donors (Lipinski definition) is 2. The average molecular weight is 319 g/mol. The van der Waals surface area contributed by atoms with Crippen LogP contribution < -0.4 is 4.72 Å². The zero-order valence-electron chi connectivity index (χ0n) is 10.5. The van der Waals surface area contributed by atoms with Gasteiger partial charge in [-0.2, -0.15) is 10.4 Å². The fourth-order valence-corrected chi connectivity index (χ4v) is 2.74. The third-order valence-corrected chi connectivity index (χ3v) is 3.91. The van der Waals surface area contributed by atoms with Gasteiger partial charge in [-0.15, -0.1) is 0 Å². The number of halogens is 2. The lowest BCUT2D eigenvalue weighted by atomic mass is 10.2. The van der Waals surface area contributed by atoms with Crippen LogP contribution >= 0.6 is 23.5 Å². The van der Waals surface area contributed by atoms with Gasteiger partial charge in [0.2, 0.25) is 0 Å². The van der Waals surface area contributed by atoms with Crippen LogP contribution in [-0.2, 0) is 0 Å². The number of aromatic nitrogens is 2. The molecule has 0 unspecified atom stereocenters. The molecule has 104 valence electrons. The first-order valence-corrected chi connectivity index (χ1v) is 7.13. The van der Waals surface area contributed by atoms with Gasteiger partial charge < -0.3 is 4.72 Å². The van der Waals surface area contributed by atoms with Crippen molar-refractivity contribution in [2.75, 3.05) is 4.72 Å². The van der Waals surface area contributed by atoms with Crippen molar-refractivity contribution in [3.05, 3.63) is 52.8 Å². The molecule has 1 heterocycles. The number of nitrogens with one attached hydrogen (secondary N) is 2. The highest BCUT2D eigenvalue weighted by Crippen LogP contribution is 2.29. The molecule has 0 amide bonds. The highest BCUT2D eigenvalue weighted by atomic mass is 35.5. The molecule has 0 aliphatic rings. The van der Waals surface area contributed by atoms with Gasteiger partial charge in [-0.3, -0.25) is 5.10 Å². The summed E-state index contributed by atoms with van der Waals surface area (Å²) in [6, 6.07) is 11.5. The predicted molar refractivity (Wildman–Crippen MR) is 81.7 cm³/mol. The summed E-state index contributed by atoms with van der Waals surface area (Å²) < 4.78 is 16.7. The summed E-state index contributed by atoms with van der Waals surface area (Å²) in [6.07, 6.45) is 0. The fourth-order valence-electron chi connectivity index (χ4n) is 1.82. The number of aromatic amines is 1. The van der Waals surface area contributed by atoms with Gasteiger partial charge in [0.1, 0.15) is 10.8 Å². The third kappa shape index (κ3) is 2.79. The summed E-state index contributed by atoms with van der Waals surface area (Å²) in [5.41, 5.74) is 1.39. The second-order valence-corrected chi connectivity index (χ2v) is 5.46. The maximum absolute atomic E-state index is 13.8. The van der Waals surface area contributed by atoms with E-state index in [1.165, 1.54) is 24.1 Å². The van der Waals surface area contributed by atoms with E-state index in [-0.39, 0.29) is 5.56 Å². The molecule has 0 radical (unpaired) electrons. The van der Waals surface area contributed by atoms with Crippen molar-refractivity contribution >= 4 is 40.1 Å². The summed E-state index contributed by atoms with van der Waals surface area (Å²) in [5.74, 6) is -0.482. The minimum absolute atomic E-state index is 0.280. The normalized spacial score (nSPS) is 10.5. The summed E-state index contributed by atoms with van der Waals surface area (Å²) >= 11 is 7.09. The minimum Gasteiger partial charge on any atom is -0.322 e. The fraction of sp³-hybridized carbons (Fsp3) is 0. The van der Waals surface area contributed by atoms with E-state index in [1.807, 2.05) is 12.1 Å². The molecule has 0 spiro atoms. The van der Waals surface area contributed by atoms with E-state index in [0.29, 0.717) is 15.7 Å². The maximum Gasteiger partial charge on any atom is 0.148 e. The van der Waals surface area contributed by atoms with Crippen molar-refractivity contribution in [3.8, 4) is 6.07 Å². The second kappa shape index (κ2) is 5.64. The number of nitrogens with zero attached hydrogens (tertiary/aromatic N) is 2. The first-order chi connectivity index (χ1) is 10.2. The first-order valence-electron chi connectivity index (χ1n) is 5.93. The number of nitriles is 1. The molecule has 4 nitrogen and oxygen atoms in total. The molecule has 2 N–H and O–H groups in total. The van der Waals surface area contributed by atoms with Crippen LogP contribution in [0.1, 0.15) is 5.56 Å². The summed E-state index contributed by atoms with van der Waals surface area (Å²) in [6.45, 7) is 0. The minimum atomic E-state index is -0.482. The monoisotopic (exact) mass is 318 g/mol. The molecule has 0 aliphatic heterocycles. The van der Waals surface area contributed by atoms with Gasteiger partial charge in [0.15, 0.2) is 0 Å². The highest BCUT2D eigenvalue weighted by Gasteiger charge is 2.09. The van der Waals surface area contributed by atoms with Crippen LogP contribution in [0.4, 0.5) is 10.1 Å². The lowest BCUT2D eigenvalue weighted by Crippen LogP contribution is -1.92. The van der Waals surface area contributed by atoms with E-state index < -0.39 is 5.82 Å². The van der Waals surface area contributed by atoms with Crippen molar-refractivity contribution in [1.82, 2.24) is 10.2 Å². The van der Waals surface area contributed by atoms with Gasteiger partial charge in [-0.1, -0.05) is 11.6 Å². The van der Waals surface area contributed by atoms with E-state index in [9.17, 15) is 4.39 Å². The van der Waals surface area contributed by atoms with Crippen molar-refractivity contribution in [2.24, 2.45) is 0 Å². The quantitative estimate of drug-likeness (QED) is 0.705. The van der Waals surface area contributed by atoms with Crippen molar-refractivity contribution in [2.45, 2.75) is 5.03 Å². The summed E-state index contributed by atoms with van der Waals surface area (Å²) in [4.78, 5) is 0. The smallest absolute Gasteiger partial charge is 0.148 e. The Morgan fingerprint density at radius 3 is 2.90 bits per heavy atom. The van der Waals surface area contributed by atoms with Gasteiger partial charge in [0.25, 0.3) is 0 Å². The molecule has 7 heteroatoms. The van der Waals surface area contributed by atoms with Crippen molar-refractivity contribution in [3.63, 3.8) is 0 Å². The number of rotatable bonds is 3. The Balaban J connectivity index is 1.82. The lowest BCUT2D eigenvalue weighted by Gasteiger charge is -2.05. The Bertz CT molecular complexity index is 856.